The lowest BCUT2D eigenvalue weighted by Crippen LogP contribution is -2.25. The third-order valence-corrected chi connectivity index (χ3v) is 6.10. The molecule has 7 nitrogen and oxygen atoms in total. The molecule has 1 aromatic heterocycles. The SMILES string of the molecule is CCNC(=O)c1c(NC(=O)c2cc(OC)c(OC)c(OC)c2)sc2c1CCCC2. The molecule has 1 aliphatic carbocycles. The summed E-state index contributed by atoms with van der Waals surface area (Å²) in [6.07, 6.45) is 3.95. The Morgan fingerprint density at radius 1 is 1.00 bits per heavy atom. The minimum absolute atomic E-state index is 0.146. The van der Waals surface area contributed by atoms with Crippen LogP contribution in [0, 0.1) is 0 Å². The summed E-state index contributed by atoms with van der Waals surface area (Å²) in [7, 11) is 4.51. The van der Waals surface area contributed by atoms with Crippen LogP contribution in [-0.2, 0) is 12.8 Å². The number of fused-ring (bicyclic) bond motifs is 1. The van der Waals surface area contributed by atoms with Crippen molar-refractivity contribution in [3.05, 3.63) is 33.7 Å². The van der Waals surface area contributed by atoms with Gasteiger partial charge in [-0.25, -0.2) is 0 Å². The van der Waals surface area contributed by atoms with E-state index >= 15 is 0 Å². The van der Waals surface area contributed by atoms with Gasteiger partial charge in [0.1, 0.15) is 5.00 Å². The van der Waals surface area contributed by atoms with Crippen LogP contribution in [0.3, 0.4) is 0 Å². The van der Waals surface area contributed by atoms with Crippen molar-refractivity contribution in [1.29, 1.82) is 0 Å². The molecule has 0 aliphatic heterocycles. The lowest BCUT2D eigenvalue weighted by molar-refractivity contribution is 0.0956. The molecular weight excluding hydrogens is 392 g/mol. The number of hydrogen-bond acceptors (Lipinski definition) is 6. The van der Waals surface area contributed by atoms with E-state index in [1.807, 2.05) is 6.92 Å². The van der Waals surface area contributed by atoms with Gasteiger partial charge in [0, 0.05) is 17.0 Å². The Balaban J connectivity index is 1.97. The van der Waals surface area contributed by atoms with Gasteiger partial charge < -0.3 is 24.8 Å². The van der Waals surface area contributed by atoms with Crippen LogP contribution < -0.4 is 24.8 Å². The second kappa shape index (κ2) is 9.17. The normalized spacial score (nSPS) is 12.7. The van der Waals surface area contributed by atoms with Crippen LogP contribution in [-0.4, -0.2) is 39.7 Å². The number of carbonyl (C=O) groups is 2. The van der Waals surface area contributed by atoms with Gasteiger partial charge in [-0.15, -0.1) is 11.3 Å². The predicted octanol–water partition coefficient (Wildman–Crippen LogP) is 3.65. The van der Waals surface area contributed by atoms with Crippen molar-refractivity contribution in [2.45, 2.75) is 32.6 Å². The van der Waals surface area contributed by atoms with Gasteiger partial charge in [0.25, 0.3) is 11.8 Å². The number of rotatable bonds is 7. The molecule has 156 valence electrons. The number of anilines is 1. The molecule has 0 bridgehead atoms. The van der Waals surface area contributed by atoms with Crippen LogP contribution in [0.1, 0.15) is 50.9 Å². The summed E-state index contributed by atoms with van der Waals surface area (Å²) < 4.78 is 16.0. The fourth-order valence-corrected chi connectivity index (χ4v) is 4.81. The van der Waals surface area contributed by atoms with E-state index < -0.39 is 0 Å². The first-order chi connectivity index (χ1) is 14.0. The van der Waals surface area contributed by atoms with E-state index in [1.165, 1.54) is 37.5 Å². The Morgan fingerprint density at radius 2 is 1.66 bits per heavy atom. The highest BCUT2D eigenvalue weighted by molar-refractivity contribution is 7.17. The monoisotopic (exact) mass is 418 g/mol. The molecule has 0 atom stereocenters. The largest absolute Gasteiger partial charge is 0.493 e. The second-order valence-electron chi connectivity index (χ2n) is 6.64. The molecule has 0 saturated heterocycles. The van der Waals surface area contributed by atoms with Gasteiger partial charge in [0.2, 0.25) is 5.75 Å². The van der Waals surface area contributed by atoms with Crippen molar-refractivity contribution in [1.82, 2.24) is 5.32 Å². The summed E-state index contributed by atoms with van der Waals surface area (Å²) in [5.74, 6) is 0.722. The Hall–Kier alpha value is -2.74. The van der Waals surface area contributed by atoms with Crippen LogP contribution >= 0.6 is 11.3 Å². The second-order valence-corrected chi connectivity index (χ2v) is 7.75. The van der Waals surface area contributed by atoms with Gasteiger partial charge in [0.05, 0.1) is 26.9 Å². The van der Waals surface area contributed by atoms with Gasteiger partial charge in [0.15, 0.2) is 11.5 Å². The smallest absolute Gasteiger partial charge is 0.256 e. The highest BCUT2D eigenvalue weighted by Gasteiger charge is 2.27. The average Bonchev–Trinajstić information content (AvgIpc) is 3.10. The quantitative estimate of drug-likeness (QED) is 0.717. The first-order valence-corrected chi connectivity index (χ1v) is 10.4. The minimum Gasteiger partial charge on any atom is -0.493 e. The Bertz CT molecular complexity index is 897. The molecule has 2 amide bonds. The van der Waals surface area contributed by atoms with E-state index in [2.05, 4.69) is 10.6 Å². The Morgan fingerprint density at radius 3 is 2.24 bits per heavy atom. The highest BCUT2D eigenvalue weighted by Crippen LogP contribution is 2.40. The molecule has 1 aromatic carbocycles. The van der Waals surface area contributed by atoms with Crippen LogP contribution in [0.4, 0.5) is 5.00 Å². The van der Waals surface area contributed by atoms with Crippen molar-refractivity contribution in [3.8, 4) is 17.2 Å². The molecule has 0 spiro atoms. The maximum absolute atomic E-state index is 13.0. The summed E-state index contributed by atoms with van der Waals surface area (Å²) in [4.78, 5) is 26.9. The van der Waals surface area contributed by atoms with E-state index in [-0.39, 0.29) is 11.8 Å². The number of thiophene rings is 1. The molecule has 3 rings (SSSR count). The van der Waals surface area contributed by atoms with Crippen LogP contribution in [0.5, 0.6) is 17.2 Å². The number of nitrogens with one attached hydrogen (secondary N) is 2. The van der Waals surface area contributed by atoms with Crippen molar-refractivity contribution >= 4 is 28.2 Å². The molecular formula is C21H26N2O5S. The van der Waals surface area contributed by atoms with E-state index in [4.69, 9.17) is 14.2 Å². The molecule has 1 aliphatic rings. The average molecular weight is 419 g/mol. The fraction of sp³-hybridized carbons (Fsp3) is 0.429. The summed E-state index contributed by atoms with van der Waals surface area (Å²) in [5.41, 5.74) is 2.01. The third-order valence-electron chi connectivity index (χ3n) is 4.89. The van der Waals surface area contributed by atoms with E-state index in [1.54, 1.807) is 12.1 Å². The van der Waals surface area contributed by atoms with Crippen LogP contribution in [0.2, 0.25) is 0 Å². The number of carbonyl (C=O) groups excluding carboxylic acids is 2. The summed E-state index contributed by atoms with van der Waals surface area (Å²) in [5, 5.41) is 6.38. The van der Waals surface area contributed by atoms with E-state index in [0.29, 0.717) is 39.9 Å². The Labute approximate surface area is 174 Å². The molecule has 0 radical (unpaired) electrons. The topological polar surface area (TPSA) is 85.9 Å². The standard InChI is InChI=1S/C21H26N2O5S/c1-5-22-20(25)17-13-8-6-7-9-16(13)29-21(17)23-19(24)12-10-14(26-2)18(28-4)15(11-12)27-3/h10-11H,5-9H2,1-4H3,(H,22,25)(H,23,24). The molecule has 2 N–H and O–H groups in total. The fourth-order valence-electron chi connectivity index (χ4n) is 3.53. The summed E-state index contributed by atoms with van der Waals surface area (Å²) >= 11 is 1.49. The van der Waals surface area contributed by atoms with Crippen molar-refractivity contribution in [3.63, 3.8) is 0 Å². The number of methoxy groups -OCH3 is 3. The summed E-state index contributed by atoms with van der Waals surface area (Å²) in [6.45, 7) is 2.41. The van der Waals surface area contributed by atoms with Gasteiger partial charge in [-0.2, -0.15) is 0 Å². The minimum atomic E-state index is -0.339. The number of amides is 2. The number of aryl methyl sites for hydroxylation is 1. The van der Waals surface area contributed by atoms with Gasteiger partial charge in [-0.1, -0.05) is 0 Å². The third kappa shape index (κ3) is 4.17. The number of hydrogen-bond donors (Lipinski definition) is 2. The number of benzene rings is 1. The van der Waals surface area contributed by atoms with Crippen molar-refractivity contribution < 1.29 is 23.8 Å². The molecule has 1 heterocycles. The van der Waals surface area contributed by atoms with Gasteiger partial charge >= 0.3 is 0 Å². The zero-order chi connectivity index (χ0) is 21.0. The van der Waals surface area contributed by atoms with Gasteiger partial charge in [-0.3, -0.25) is 9.59 Å². The zero-order valence-electron chi connectivity index (χ0n) is 17.1. The van der Waals surface area contributed by atoms with Crippen molar-refractivity contribution in [2.75, 3.05) is 33.2 Å². The van der Waals surface area contributed by atoms with E-state index in [9.17, 15) is 9.59 Å². The first-order valence-electron chi connectivity index (χ1n) is 9.58. The number of ether oxygens (including phenoxy) is 3. The Kier molecular flexibility index (Phi) is 6.64. The first kappa shape index (κ1) is 21.0. The lowest BCUT2D eigenvalue weighted by atomic mass is 9.95. The molecule has 2 aromatic rings. The zero-order valence-corrected chi connectivity index (χ0v) is 18.0. The molecule has 0 saturated carbocycles. The van der Waals surface area contributed by atoms with Crippen molar-refractivity contribution in [2.24, 2.45) is 0 Å². The van der Waals surface area contributed by atoms with Crippen LogP contribution in [0.25, 0.3) is 0 Å². The van der Waals surface area contributed by atoms with Gasteiger partial charge in [-0.05, 0) is 50.3 Å². The van der Waals surface area contributed by atoms with E-state index in [0.717, 1.165) is 31.2 Å². The molecule has 0 fully saturated rings. The highest BCUT2D eigenvalue weighted by atomic mass is 32.1. The van der Waals surface area contributed by atoms with Crippen LogP contribution in [0.15, 0.2) is 12.1 Å². The molecule has 8 heteroatoms. The summed E-state index contributed by atoms with van der Waals surface area (Å²) in [6, 6.07) is 3.19. The maximum atomic E-state index is 13.0. The maximum Gasteiger partial charge on any atom is 0.256 e. The molecule has 0 unspecified atom stereocenters. The molecule has 29 heavy (non-hydrogen) atoms. The lowest BCUT2D eigenvalue weighted by Gasteiger charge is -2.14. The predicted molar refractivity (Wildman–Crippen MR) is 113 cm³/mol.